The number of hydrogen-bond acceptors (Lipinski definition) is 6. The SMILES string of the molecule is COCCOc1cnc2ccc([C@H](C)n3nnc4ccn(-c5cc(F)cc(F)c5)c(=O)c43)cc2c1. The summed E-state index contributed by atoms with van der Waals surface area (Å²) in [6, 6.07) is 11.8. The Morgan fingerprint density at radius 3 is 2.57 bits per heavy atom. The fraction of sp³-hybridized carbons (Fsp3) is 0.200. The van der Waals surface area contributed by atoms with Crippen LogP contribution in [-0.2, 0) is 4.74 Å². The molecule has 0 N–H and O–H groups in total. The second kappa shape index (κ2) is 9.22. The molecule has 5 rings (SSSR count). The summed E-state index contributed by atoms with van der Waals surface area (Å²) in [5.74, 6) is -0.930. The van der Waals surface area contributed by atoms with E-state index >= 15 is 0 Å². The van der Waals surface area contributed by atoms with E-state index in [1.165, 1.54) is 15.4 Å². The van der Waals surface area contributed by atoms with Crippen molar-refractivity contribution in [2.75, 3.05) is 20.3 Å². The minimum atomic E-state index is -0.776. The fourth-order valence-electron chi connectivity index (χ4n) is 3.96. The van der Waals surface area contributed by atoms with E-state index in [1.807, 2.05) is 31.2 Å². The number of hydrogen-bond donors (Lipinski definition) is 0. The highest BCUT2D eigenvalue weighted by molar-refractivity contribution is 5.81. The molecular formula is C25H21F2N5O3. The zero-order valence-electron chi connectivity index (χ0n) is 19.0. The first-order valence-corrected chi connectivity index (χ1v) is 10.9. The largest absolute Gasteiger partial charge is 0.490 e. The van der Waals surface area contributed by atoms with Gasteiger partial charge >= 0.3 is 0 Å². The van der Waals surface area contributed by atoms with Crippen LogP contribution >= 0.6 is 0 Å². The zero-order chi connectivity index (χ0) is 24.5. The summed E-state index contributed by atoms with van der Waals surface area (Å²) in [5, 5.41) is 9.18. The summed E-state index contributed by atoms with van der Waals surface area (Å²) in [4.78, 5) is 17.8. The minimum absolute atomic E-state index is 0.0765. The van der Waals surface area contributed by atoms with E-state index in [1.54, 1.807) is 19.4 Å². The van der Waals surface area contributed by atoms with Gasteiger partial charge in [0.25, 0.3) is 5.56 Å². The zero-order valence-corrected chi connectivity index (χ0v) is 19.0. The summed E-state index contributed by atoms with van der Waals surface area (Å²) >= 11 is 0. The topological polar surface area (TPSA) is 84.1 Å². The summed E-state index contributed by atoms with van der Waals surface area (Å²) < 4.78 is 40.9. The monoisotopic (exact) mass is 477 g/mol. The standard InChI is InChI=1S/C25H21F2N5O3/c1-15(16-3-4-22-17(9-16)10-21(14-28-22)35-8-7-34-2)32-24-23(29-30-32)5-6-31(25(24)33)20-12-18(26)11-19(27)13-20/h3-6,9-15H,7-8H2,1-2H3/t15-/m0/s1. The van der Waals surface area contributed by atoms with Crippen LogP contribution in [0.1, 0.15) is 18.5 Å². The number of benzene rings is 2. The summed E-state index contributed by atoms with van der Waals surface area (Å²) in [6.45, 7) is 2.76. The van der Waals surface area contributed by atoms with Gasteiger partial charge in [-0.05, 0) is 48.9 Å². The lowest BCUT2D eigenvalue weighted by Gasteiger charge is -2.14. The average Bonchev–Trinajstić information content (AvgIpc) is 3.28. The maximum atomic E-state index is 13.8. The second-order valence-electron chi connectivity index (χ2n) is 8.03. The molecule has 0 saturated carbocycles. The van der Waals surface area contributed by atoms with Crippen molar-refractivity contribution >= 4 is 21.9 Å². The Hall–Kier alpha value is -4.18. The van der Waals surface area contributed by atoms with Crippen molar-refractivity contribution in [3.8, 4) is 11.4 Å². The lowest BCUT2D eigenvalue weighted by molar-refractivity contribution is 0.146. The first-order valence-electron chi connectivity index (χ1n) is 10.9. The molecule has 0 spiro atoms. The van der Waals surface area contributed by atoms with Crippen LogP contribution in [0.4, 0.5) is 8.78 Å². The van der Waals surface area contributed by atoms with E-state index < -0.39 is 17.2 Å². The van der Waals surface area contributed by atoms with Gasteiger partial charge in [-0.3, -0.25) is 14.3 Å². The van der Waals surface area contributed by atoms with Crippen molar-refractivity contribution in [1.29, 1.82) is 0 Å². The van der Waals surface area contributed by atoms with Crippen LogP contribution in [0, 0.1) is 11.6 Å². The fourth-order valence-corrected chi connectivity index (χ4v) is 3.96. The Labute approximate surface area is 198 Å². The molecule has 0 bridgehead atoms. The molecule has 0 aliphatic rings. The molecule has 0 fully saturated rings. The third kappa shape index (κ3) is 4.35. The van der Waals surface area contributed by atoms with Gasteiger partial charge in [0.05, 0.1) is 30.0 Å². The van der Waals surface area contributed by atoms with Crippen LogP contribution in [-0.4, -0.2) is 44.9 Å². The van der Waals surface area contributed by atoms with Crippen molar-refractivity contribution in [1.82, 2.24) is 24.5 Å². The lowest BCUT2D eigenvalue weighted by atomic mass is 10.1. The first-order chi connectivity index (χ1) is 16.9. The maximum Gasteiger partial charge on any atom is 0.282 e. The van der Waals surface area contributed by atoms with E-state index in [4.69, 9.17) is 9.47 Å². The Bertz CT molecular complexity index is 1580. The van der Waals surface area contributed by atoms with E-state index in [-0.39, 0.29) is 17.2 Å². The van der Waals surface area contributed by atoms with Gasteiger partial charge in [0, 0.05) is 24.8 Å². The van der Waals surface area contributed by atoms with Crippen LogP contribution in [0.3, 0.4) is 0 Å². The third-order valence-corrected chi connectivity index (χ3v) is 5.73. The predicted octanol–water partition coefficient (Wildman–Crippen LogP) is 4.04. The molecule has 0 saturated heterocycles. The molecule has 178 valence electrons. The van der Waals surface area contributed by atoms with Gasteiger partial charge < -0.3 is 9.47 Å². The molecule has 10 heteroatoms. The number of halogens is 2. The van der Waals surface area contributed by atoms with Crippen molar-refractivity contribution in [3.05, 3.63) is 88.5 Å². The van der Waals surface area contributed by atoms with Crippen LogP contribution in [0.5, 0.6) is 5.75 Å². The molecule has 8 nitrogen and oxygen atoms in total. The van der Waals surface area contributed by atoms with Gasteiger partial charge in [-0.15, -0.1) is 5.10 Å². The van der Waals surface area contributed by atoms with Crippen molar-refractivity contribution in [3.63, 3.8) is 0 Å². The highest BCUT2D eigenvalue weighted by Gasteiger charge is 2.18. The van der Waals surface area contributed by atoms with Crippen molar-refractivity contribution in [2.24, 2.45) is 0 Å². The molecular weight excluding hydrogens is 456 g/mol. The van der Waals surface area contributed by atoms with E-state index in [0.29, 0.717) is 24.5 Å². The van der Waals surface area contributed by atoms with Gasteiger partial charge in [-0.2, -0.15) is 0 Å². The molecule has 35 heavy (non-hydrogen) atoms. The van der Waals surface area contributed by atoms with Crippen molar-refractivity contribution in [2.45, 2.75) is 13.0 Å². The first kappa shape index (κ1) is 22.6. The number of methoxy groups -OCH3 is 1. The number of aromatic nitrogens is 5. The molecule has 1 atom stereocenters. The van der Waals surface area contributed by atoms with Crippen LogP contribution in [0.25, 0.3) is 27.6 Å². The van der Waals surface area contributed by atoms with Gasteiger partial charge in [0.1, 0.15) is 29.5 Å². The average molecular weight is 477 g/mol. The molecule has 0 aliphatic carbocycles. The number of nitrogens with zero attached hydrogens (tertiary/aromatic N) is 5. The van der Waals surface area contributed by atoms with Crippen LogP contribution < -0.4 is 10.3 Å². The third-order valence-electron chi connectivity index (χ3n) is 5.73. The molecule has 0 unspecified atom stereocenters. The molecule has 0 amide bonds. The van der Waals surface area contributed by atoms with Gasteiger partial charge in [0.15, 0.2) is 5.52 Å². The number of pyridine rings is 2. The molecule has 0 radical (unpaired) electrons. The van der Waals surface area contributed by atoms with Gasteiger partial charge in [0.2, 0.25) is 0 Å². The molecule has 5 aromatic rings. The number of fused-ring (bicyclic) bond motifs is 2. The molecule has 3 heterocycles. The number of ether oxygens (including phenoxy) is 2. The highest BCUT2D eigenvalue weighted by atomic mass is 19.1. The minimum Gasteiger partial charge on any atom is -0.490 e. The number of rotatable bonds is 7. The Morgan fingerprint density at radius 1 is 1.00 bits per heavy atom. The van der Waals surface area contributed by atoms with Crippen LogP contribution in [0.15, 0.2) is 65.7 Å². The quantitative estimate of drug-likeness (QED) is 0.329. The maximum absolute atomic E-state index is 13.8. The Kier molecular flexibility index (Phi) is 5.96. The van der Waals surface area contributed by atoms with Crippen LogP contribution in [0.2, 0.25) is 0 Å². The van der Waals surface area contributed by atoms with Crippen molar-refractivity contribution < 1.29 is 18.3 Å². The highest BCUT2D eigenvalue weighted by Crippen LogP contribution is 2.26. The molecule has 0 aliphatic heterocycles. The molecule has 3 aromatic heterocycles. The summed E-state index contributed by atoms with van der Waals surface area (Å²) in [7, 11) is 1.61. The summed E-state index contributed by atoms with van der Waals surface area (Å²) in [6.07, 6.45) is 3.08. The molecule has 2 aromatic carbocycles. The normalized spacial score (nSPS) is 12.3. The van der Waals surface area contributed by atoms with E-state index in [9.17, 15) is 13.6 Å². The lowest BCUT2D eigenvalue weighted by Crippen LogP contribution is -2.22. The second-order valence-corrected chi connectivity index (χ2v) is 8.03. The Balaban J connectivity index is 1.55. The Morgan fingerprint density at radius 2 is 1.80 bits per heavy atom. The van der Waals surface area contributed by atoms with E-state index in [2.05, 4.69) is 15.3 Å². The smallest absolute Gasteiger partial charge is 0.282 e. The predicted molar refractivity (Wildman–Crippen MR) is 126 cm³/mol. The van der Waals surface area contributed by atoms with Gasteiger partial charge in [-0.25, -0.2) is 13.5 Å². The summed E-state index contributed by atoms with van der Waals surface area (Å²) in [5.41, 5.74) is 1.85. The van der Waals surface area contributed by atoms with E-state index in [0.717, 1.165) is 34.7 Å². The van der Waals surface area contributed by atoms with Gasteiger partial charge in [-0.1, -0.05) is 11.3 Å².